The van der Waals surface area contributed by atoms with E-state index in [0.29, 0.717) is 37.0 Å². The van der Waals surface area contributed by atoms with Gasteiger partial charge in [0, 0.05) is 19.7 Å². The summed E-state index contributed by atoms with van der Waals surface area (Å²) in [6, 6.07) is 4.99. The van der Waals surface area contributed by atoms with Crippen molar-refractivity contribution in [3.63, 3.8) is 0 Å². The van der Waals surface area contributed by atoms with Crippen LogP contribution in [0.15, 0.2) is 29.3 Å². The maximum Gasteiger partial charge on any atom is 0.416 e. The fourth-order valence-electron chi connectivity index (χ4n) is 2.73. The van der Waals surface area contributed by atoms with E-state index in [1.54, 1.807) is 13.0 Å². The molecule has 2 atom stereocenters. The van der Waals surface area contributed by atoms with Gasteiger partial charge in [-0.2, -0.15) is 13.2 Å². The number of hydrogen-bond donors (Lipinski definition) is 3. The highest BCUT2D eigenvalue weighted by atomic mass is 19.4. The van der Waals surface area contributed by atoms with Crippen LogP contribution in [0.1, 0.15) is 57.2 Å². The van der Waals surface area contributed by atoms with Gasteiger partial charge in [0.25, 0.3) is 0 Å². The molecule has 0 radical (unpaired) electrons. The number of halogens is 3. The Morgan fingerprint density at radius 1 is 1.23 bits per heavy atom. The van der Waals surface area contributed by atoms with Gasteiger partial charge >= 0.3 is 6.18 Å². The van der Waals surface area contributed by atoms with Gasteiger partial charge in [-0.25, -0.2) is 0 Å². The molecule has 0 aromatic heterocycles. The molecule has 0 heterocycles. The Balaban J connectivity index is 2.84. The van der Waals surface area contributed by atoms with Gasteiger partial charge in [-0.1, -0.05) is 25.5 Å². The minimum atomic E-state index is -4.36. The molecule has 0 saturated carbocycles. The van der Waals surface area contributed by atoms with E-state index in [1.165, 1.54) is 6.07 Å². The molecule has 148 valence electrons. The van der Waals surface area contributed by atoms with Crippen LogP contribution in [-0.2, 0) is 6.18 Å². The van der Waals surface area contributed by atoms with Gasteiger partial charge in [0.15, 0.2) is 5.96 Å². The highest BCUT2D eigenvalue weighted by Gasteiger charge is 2.30. The van der Waals surface area contributed by atoms with Gasteiger partial charge in [0.1, 0.15) is 0 Å². The average molecular weight is 373 g/mol. The van der Waals surface area contributed by atoms with E-state index in [-0.39, 0.29) is 12.6 Å². The van der Waals surface area contributed by atoms with Crippen LogP contribution in [0.5, 0.6) is 0 Å². The minimum Gasteiger partial charge on any atom is -0.396 e. The molecule has 1 aromatic rings. The van der Waals surface area contributed by atoms with E-state index in [1.807, 2.05) is 6.92 Å². The number of aliphatic imine (C=N–C) groups is 1. The Labute approximate surface area is 153 Å². The summed E-state index contributed by atoms with van der Waals surface area (Å²) >= 11 is 0. The van der Waals surface area contributed by atoms with Gasteiger partial charge in [-0.05, 0) is 50.3 Å². The molecule has 7 heteroatoms. The summed E-state index contributed by atoms with van der Waals surface area (Å²) in [6.45, 7) is 7.18. The molecule has 0 aliphatic heterocycles. The Kier molecular flexibility index (Phi) is 9.48. The van der Waals surface area contributed by atoms with Gasteiger partial charge in [0.2, 0.25) is 0 Å². The molecule has 4 nitrogen and oxygen atoms in total. The first kappa shape index (κ1) is 22.3. The molecule has 0 fully saturated rings. The Morgan fingerprint density at radius 3 is 2.54 bits per heavy atom. The van der Waals surface area contributed by atoms with Crippen molar-refractivity contribution in [2.24, 2.45) is 10.9 Å². The molecule has 26 heavy (non-hydrogen) atoms. The van der Waals surface area contributed by atoms with Gasteiger partial charge in [-0.3, -0.25) is 4.99 Å². The lowest BCUT2D eigenvalue weighted by molar-refractivity contribution is -0.137. The van der Waals surface area contributed by atoms with E-state index < -0.39 is 11.7 Å². The lowest BCUT2D eigenvalue weighted by Crippen LogP contribution is -2.39. The van der Waals surface area contributed by atoms with Crippen LogP contribution in [0.2, 0.25) is 0 Å². The van der Waals surface area contributed by atoms with Crippen LogP contribution < -0.4 is 10.6 Å². The second kappa shape index (κ2) is 11.1. The number of aliphatic hydroxyl groups excluding tert-OH is 1. The van der Waals surface area contributed by atoms with Crippen LogP contribution >= 0.6 is 0 Å². The molecule has 1 rings (SSSR count). The third kappa shape index (κ3) is 7.64. The third-order valence-corrected chi connectivity index (χ3v) is 4.15. The van der Waals surface area contributed by atoms with Crippen molar-refractivity contribution in [1.29, 1.82) is 0 Å². The van der Waals surface area contributed by atoms with E-state index in [4.69, 9.17) is 5.11 Å². The number of rotatable bonds is 9. The summed E-state index contributed by atoms with van der Waals surface area (Å²) in [5, 5.41) is 15.4. The molecular formula is C19H30F3N3O. The van der Waals surface area contributed by atoms with Crippen LogP contribution in [0.4, 0.5) is 13.2 Å². The zero-order chi connectivity index (χ0) is 19.6. The molecule has 0 aliphatic rings. The highest BCUT2D eigenvalue weighted by molar-refractivity contribution is 5.80. The predicted octanol–water partition coefficient (Wildman–Crippen LogP) is 4.12. The topological polar surface area (TPSA) is 56.7 Å². The molecule has 0 bridgehead atoms. The maximum atomic E-state index is 12.9. The number of aliphatic hydroxyl groups is 1. The van der Waals surface area contributed by atoms with Crippen molar-refractivity contribution in [1.82, 2.24) is 10.6 Å². The first-order valence-electron chi connectivity index (χ1n) is 9.14. The second-order valence-corrected chi connectivity index (χ2v) is 6.38. The van der Waals surface area contributed by atoms with Gasteiger partial charge < -0.3 is 15.7 Å². The summed E-state index contributed by atoms with van der Waals surface area (Å²) < 4.78 is 38.7. The normalized spacial score (nSPS) is 14.8. The van der Waals surface area contributed by atoms with Crippen LogP contribution in [-0.4, -0.2) is 30.8 Å². The van der Waals surface area contributed by atoms with Crippen molar-refractivity contribution < 1.29 is 18.3 Å². The van der Waals surface area contributed by atoms with E-state index in [0.717, 1.165) is 25.0 Å². The number of benzene rings is 1. The van der Waals surface area contributed by atoms with E-state index in [2.05, 4.69) is 22.5 Å². The van der Waals surface area contributed by atoms with Crippen molar-refractivity contribution in [2.45, 2.75) is 52.3 Å². The molecular weight excluding hydrogens is 343 g/mol. The summed E-state index contributed by atoms with van der Waals surface area (Å²) in [4.78, 5) is 4.55. The van der Waals surface area contributed by atoms with Crippen LogP contribution in [0.3, 0.4) is 0 Å². The maximum absolute atomic E-state index is 12.9. The Hall–Kier alpha value is -1.76. The Morgan fingerprint density at radius 2 is 1.96 bits per heavy atom. The van der Waals surface area contributed by atoms with Crippen molar-refractivity contribution in [3.8, 4) is 0 Å². The minimum absolute atomic E-state index is 0.130. The van der Waals surface area contributed by atoms with Gasteiger partial charge in [-0.15, -0.1) is 0 Å². The second-order valence-electron chi connectivity index (χ2n) is 6.38. The van der Waals surface area contributed by atoms with E-state index in [9.17, 15) is 13.2 Å². The molecule has 2 unspecified atom stereocenters. The predicted molar refractivity (Wildman–Crippen MR) is 99.1 cm³/mol. The highest BCUT2D eigenvalue weighted by Crippen LogP contribution is 2.30. The molecule has 0 spiro atoms. The largest absolute Gasteiger partial charge is 0.416 e. The zero-order valence-electron chi connectivity index (χ0n) is 15.7. The fourth-order valence-corrected chi connectivity index (χ4v) is 2.73. The summed E-state index contributed by atoms with van der Waals surface area (Å²) in [5.74, 6) is 0.862. The van der Waals surface area contributed by atoms with Gasteiger partial charge in [0.05, 0.1) is 11.6 Å². The summed E-state index contributed by atoms with van der Waals surface area (Å²) in [5.41, 5.74) is -0.109. The molecule has 1 aromatic carbocycles. The zero-order valence-corrected chi connectivity index (χ0v) is 15.7. The van der Waals surface area contributed by atoms with Crippen molar-refractivity contribution in [2.75, 3.05) is 19.7 Å². The molecule has 0 saturated heterocycles. The van der Waals surface area contributed by atoms with Crippen molar-refractivity contribution >= 4 is 5.96 Å². The number of hydrogen-bond acceptors (Lipinski definition) is 2. The van der Waals surface area contributed by atoms with E-state index >= 15 is 0 Å². The number of nitrogens with one attached hydrogen (secondary N) is 2. The average Bonchev–Trinajstić information content (AvgIpc) is 2.59. The standard InChI is InChI=1S/C19H30F3N3O/c1-4-7-15(10-11-26)13-24-18(23-5-2)25-14(3)16-8-6-9-17(12-16)19(20,21)22/h6,8-9,12,14-15,26H,4-5,7,10-11,13H2,1-3H3,(H2,23,24,25). The SMILES string of the molecule is CCCC(CCO)CN=C(NCC)NC(C)c1cccc(C(F)(F)F)c1. The number of alkyl halides is 3. The summed E-state index contributed by atoms with van der Waals surface area (Å²) in [6.07, 6.45) is -1.66. The monoisotopic (exact) mass is 373 g/mol. The van der Waals surface area contributed by atoms with Crippen LogP contribution in [0, 0.1) is 5.92 Å². The first-order valence-corrected chi connectivity index (χ1v) is 9.14. The molecule has 3 N–H and O–H groups in total. The molecule has 0 aliphatic carbocycles. The Bertz CT molecular complexity index is 555. The number of guanidine groups is 1. The molecule has 0 amide bonds. The number of nitrogens with zero attached hydrogens (tertiary/aromatic N) is 1. The smallest absolute Gasteiger partial charge is 0.396 e. The van der Waals surface area contributed by atoms with Crippen LogP contribution in [0.25, 0.3) is 0 Å². The quantitative estimate of drug-likeness (QED) is 0.451. The third-order valence-electron chi connectivity index (χ3n) is 4.15. The lowest BCUT2D eigenvalue weighted by Gasteiger charge is -2.20. The summed E-state index contributed by atoms with van der Waals surface area (Å²) in [7, 11) is 0. The lowest BCUT2D eigenvalue weighted by atomic mass is 10.0. The van der Waals surface area contributed by atoms with Crippen molar-refractivity contribution in [3.05, 3.63) is 35.4 Å². The fraction of sp³-hybridized carbons (Fsp3) is 0.632. The first-order chi connectivity index (χ1) is 12.3.